The molecular weight excluding hydrogens is 238 g/mol. The van der Waals surface area contributed by atoms with Gasteiger partial charge in [0.2, 0.25) is 0 Å². The van der Waals surface area contributed by atoms with Crippen molar-refractivity contribution >= 4 is 11.2 Å². The first-order valence-electron chi connectivity index (χ1n) is 6.29. The summed E-state index contributed by atoms with van der Waals surface area (Å²) in [7, 11) is 0. The van der Waals surface area contributed by atoms with E-state index in [2.05, 4.69) is 44.5 Å². The Labute approximate surface area is 111 Å². The zero-order chi connectivity index (χ0) is 12.9. The Bertz CT molecular complexity index is 647. The number of imidazole rings is 1. The highest BCUT2D eigenvalue weighted by molar-refractivity contribution is 5.68. The molecular formula is C14H15N5. The van der Waals surface area contributed by atoms with E-state index in [1.165, 1.54) is 5.56 Å². The zero-order valence-electron chi connectivity index (χ0n) is 10.5. The number of benzene rings is 1. The maximum atomic E-state index is 4.27. The molecule has 0 saturated carbocycles. The summed E-state index contributed by atoms with van der Waals surface area (Å²) >= 11 is 0. The fourth-order valence-corrected chi connectivity index (χ4v) is 2.01. The Morgan fingerprint density at radius 1 is 1.11 bits per heavy atom. The minimum atomic E-state index is 0.838. The van der Waals surface area contributed by atoms with E-state index in [4.69, 9.17) is 0 Å². The van der Waals surface area contributed by atoms with Gasteiger partial charge < -0.3 is 9.88 Å². The summed E-state index contributed by atoms with van der Waals surface area (Å²) in [5.41, 5.74) is 3.02. The predicted molar refractivity (Wildman–Crippen MR) is 73.5 cm³/mol. The molecule has 1 aromatic carbocycles. The van der Waals surface area contributed by atoms with Crippen LogP contribution >= 0.6 is 0 Å². The van der Waals surface area contributed by atoms with E-state index in [0.717, 1.165) is 30.8 Å². The van der Waals surface area contributed by atoms with E-state index in [-0.39, 0.29) is 0 Å². The molecule has 0 fully saturated rings. The molecule has 0 amide bonds. The molecule has 0 aliphatic carbocycles. The van der Waals surface area contributed by atoms with E-state index >= 15 is 0 Å². The predicted octanol–water partition coefficient (Wildman–Crippen LogP) is 1.62. The normalized spacial score (nSPS) is 10.9. The molecule has 19 heavy (non-hydrogen) atoms. The lowest BCUT2D eigenvalue weighted by atomic mass is 10.2. The Balaban J connectivity index is 1.55. The molecule has 0 radical (unpaired) electrons. The molecule has 2 aromatic heterocycles. The van der Waals surface area contributed by atoms with Gasteiger partial charge in [-0.2, -0.15) is 0 Å². The van der Waals surface area contributed by atoms with Crippen LogP contribution in [-0.4, -0.2) is 26.1 Å². The van der Waals surface area contributed by atoms with Crippen LogP contribution in [-0.2, 0) is 13.1 Å². The number of rotatable bonds is 5. The van der Waals surface area contributed by atoms with E-state index in [1.807, 2.05) is 17.0 Å². The molecule has 96 valence electrons. The zero-order valence-corrected chi connectivity index (χ0v) is 10.5. The van der Waals surface area contributed by atoms with Gasteiger partial charge in [0.15, 0.2) is 5.65 Å². The van der Waals surface area contributed by atoms with Crippen molar-refractivity contribution in [1.29, 1.82) is 0 Å². The second kappa shape index (κ2) is 5.58. The van der Waals surface area contributed by atoms with Gasteiger partial charge in [-0.3, -0.25) is 0 Å². The van der Waals surface area contributed by atoms with Crippen molar-refractivity contribution < 1.29 is 0 Å². The summed E-state index contributed by atoms with van der Waals surface area (Å²) < 4.78 is 2.04. The number of hydrogen-bond donors (Lipinski definition) is 1. The lowest BCUT2D eigenvalue weighted by molar-refractivity contribution is 0.604. The number of nitrogens with zero attached hydrogens (tertiary/aromatic N) is 4. The van der Waals surface area contributed by atoms with Crippen LogP contribution < -0.4 is 5.32 Å². The molecule has 3 aromatic rings. The average Bonchev–Trinajstić information content (AvgIpc) is 2.88. The third-order valence-corrected chi connectivity index (χ3v) is 2.98. The first-order valence-corrected chi connectivity index (χ1v) is 6.29. The minimum Gasteiger partial charge on any atom is -0.314 e. The summed E-state index contributed by atoms with van der Waals surface area (Å²) in [5.74, 6) is 0. The highest BCUT2D eigenvalue weighted by Crippen LogP contribution is 2.06. The molecule has 0 aliphatic heterocycles. The molecule has 5 heteroatoms. The van der Waals surface area contributed by atoms with Crippen molar-refractivity contribution in [2.75, 3.05) is 6.54 Å². The van der Waals surface area contributed by atoms with E-state index in [0.29, 0.717) is 0 Å². The van der Waals surface area contributed by atoms with Crippen molar-refractivity contribution in [1.82, 2.24) is 24.8 Å². The number of hydrogen-bond acceptors (Lipinski definition) is 4. The Kier molecular flexibility index (Phi) is 3.47. The molecule has 3 rings (SSSR count). The lowest BCUT2D eigenvalue weighted by Gasteiger charge is -2.06. The van der Waals surface area contributed by atoms with E-state index < -0.39 is 0 Å². The molecule has 0 spiro atoms. The van der Waals surface area contributed by atoms with Crippen molar-refractivity contribution in [3.63, 3.8) is 0 Å². The van der Waals surface area contributed by atoms with E-state index in [9.17, 15) is 0 Å². The monoisotopic (exact) mass is 253 g/mol. The SMILES string of the molecule is c1ccc(CNCCn2cnc3cncnc32)cc1. The van der Waals surface area contributed by atoms with Gasteiger partial charge in [0.05, 0.1) is 12.5 Å². The molecule has 0 bridgehead atoms. The number of fused-ring (bicyclic) bond motifs is 1. The van der Waals surface area contributed by atoms with Gasteiger partial charge in [-0.1, -0.05) is 30.3 Å². The standard InChI is InChI=1S/C14H15N5/c1-2-4-12(5-3-1)8-15-6-7-19-11-18-13-9-16-10-17-14(13)19/h1-5,9-11,15H,6-8H2. The lowest BCUT2D eigenvalue weighted by Crippen LogP contribution is -2.19. The second-order valence-corrected chi connectivity index (χ2v) is 4.33. The maximum absolute atomic E-state index is 4.27. The first-order chi connectivity index (χ1) is 9.43. The van der Waals surface area contributed by atoms with Crippen molar-refractivity contribution in [3.05, 3.63) is 54.7 Å². The van der Waals surface area contributed by atoms with E-state index in [1.54, 1.807) is 12.5 Å². The van der Waals surface area contributed by atoms with Crippen LogP contribution in [0.15, 0.2) is 49.2 Å². The third kappa shape index (κ3) is 2.77. The highest BCUT2D eigenvalue weighted by Gasteiger charge is 2.02. The molecule has 0 aliphatic rings. The molecule has 0 atom stereocenters. The number of nitrogens with one attached hydrogen (secondary N) is 1. The quantitative estimate of drug-likeness (QED) is 0.702. The van der Waals surface area contributed by atoms with Crippen LogP contribution in [0.5, 0.6) is 0 Å². The summed E-state index contributed by atoms with van der Waals surface area (Å²) in [6.45, 7) is 2.60. The van der Waals surface area contributed by atoms with Gasteiger partial charge in [0, 0.05) is 19.6 Å². The first kappa shape index (κ1) is 11.8. The summed E-state index contributed by atoms with van der Waals surface area (Å²) in [4.78, 5) is 12.5. The topological polar surface area (TPSA) is 55.6 Å². The average molecular weight is 253 g/mol. The van der Waals surface area contributed by atoms with Crippen molar-refractivity contribution in [2.45, 2.75) is 13.1 Å². The summed E-state index contributed by atoms with van der Waals surface area (Å²) in [5, 5.41) is 3.41. The smallest absolute Gasteiger partial charge is 0.163 e. The minimum absolute atomic E-state index is 0.838. The molecule has 1 N–H and O–H groups in total. The number of aromatic nitrogens is 4. The molecule has 0 unspecified atom stereocenters. The Morgan fingerprint density at radius 2 is 2.00 bits per heavy atom. The van der Waals surface area contributed by atoms with Gasteiger partial charge in [-0.15, -0.1) is 0 Å². The third-order valence-electron chi connectivity index (χ3n) is 2.98. The van der Waals surface area contributed by atoms with Crippen LogP contribution in [0.1, 0.15) is 5.56 Å². The fourth-order valence-electron chi connectivity index (χ4n) is 2.01. The van der Waals surface area contributed by atoms with Gasteiger partial charge in [0.25, 0.3) is 0 Å². The van der Waals surface area contributed by atoms with Gasteiger partial charge in [0.1, 0.15) is 11.8 Å². The molecule has 2 heterocycles. The van der Waals surface area contributed by atoms with Gasteiger partial charge >= 0.3 is 0 Å². The van der Waals surface area contributed by atoms with Crippen LogP contribution in [0.4, 0.5) is 0 Å². The van der Waals surface area contributed by atoms with Crippen LogP contribution in [0, 0.1) is 0 Å². The Morgan fingerprint density at radius 3 is 2.89 bits per heavy atom. The largest absolute Gasteiger partial charge is 0.314 e. The second-order valence-electron chi connectivity index (χ2n) is 4.33. The van der Waals surface area contributed by atoms with Gasteiger partial charge in [-0.05, 0) is 5.56 Å². The fraction of sp³-hybridized carbons (Fsp3) is 0.214. The van der Waals surface area contributed by atoms with Crippen molar-refractivity contribution in [3.8, 4) is 0 Å². The molecule has 5 nitrogen and oxygen atoms in total. The maximum Gasteiger partial charge on any atom is 0.163 e. The molecule has 0 saturated heterocycles. The van der Waals surface area contributed by atoms with Crippen LogP contribution in [0.2, 0.25) is 0 Å². The van der Waals surface area contributed by atoms with Crippen LogP contribution in [0.25, 0.3) is 11.2 Å². The summed E-state index contributed by atoms with van der Waals surface area (Å²) in [6.07, 6.45) is 5.09. The van der Waals surface area contributed by atoms with Crippen LogP contribution in [0.3, 0.4) is 0 Å². The summed E-state index contributed by atoms with van der Waals surface area (Å²) in [6, 6.07) is 10.4. The van der Waals surface area contributed by atoms with Crippen molar-refractivity contribution in [2.24, 2.45) is 0 Å². The van der Waals surface area contributed by atoms with Gasteiger partial charge in [-0.25, -0.2) is 15.0 Å². The highest BCUT2D eigenvalue weighted by atomic mass is 15.1. The Hall–Kier alpha value is -2.27.